The van der Waals surface area contributed by atoms with Gasteiger partial charge >= 0.3 is 0 Å². The molecule has 1 amide bonds. The van der Waals surface area contributed by atoms with E-state index in [2.05, 4.69) is 5.32 Å². The molecule has 0 unspecified atom stereocenters. The van der Waals surface area contributed by atoms with Crippen LogP contribution in [0, 0.1) is 5.82 Å². The number of amides is 1. The highest BCUT2D eigenvalue weighted by molar-refractivity contribution is 5.88. The van der Waals surface area contributed by atoms with Gasteiger partial charge in [0.25, 0.3) is 0 Å². The van der Waals surface area contributed by atoms with Gasteiger partial charge in [-0.2, -0.15) is 0 Å². The standard InChI is InChI=1S/C20H25FN2O3/c21-12-8-9-17-14(10-12)13-4-1-2-6-16(13)23(17)11-19(25)22-15-5-3-7-18(24)20(15)26/h8-10,15,18,20,24,26H,1-7,11H2,(H,22,25)/t15-,18-,20-/m1/s1. The molecule has 3 N–H and O–H groups in total. The monoisotopic (exact) mass is 360 g/mol. The second-order valence-electron chi connectivity index (χ2n) is 7.54. The second kappa shape index (κ2) is 7.00. The number of aliphatic hydroxyl groups is 2. The van der Waals surface area contributed by atoms with E-state index in [1.165, 1.54) is 6.07 Å². The van der Waals surface area contributed by atoms with E-state index in [1.54, 1.807) is 12.1 Å². The van der Waals surface area contributed by atoms with Gasteiger partial charge in [0.05, 0.1) is 18.2 Å². The summed E-state index contributed by atoms with van der Waals surface area (Å²) in [6.45, 7) is 0.150. The number of rotatable bonds is 3. The molecule has 1 saturated carbocycles. The summed E-state index contributed by atoms with van der Waals surface area (Å²) < 4.78 is 15.7. The number of aromatic nitrogens is 1. The lowest BCUT2D eigenvalue weighted by Crippen LogP contribution is -2.51. The molecule has 1 fully saturated rings. The summed E-state index contributed by atoms with van der Waals surface area (Å²) in [6.07, 6.45) is 4.27. The molecule has 2 aromatic rings. The van der Waals surface area contributed by atoms with Crippen molar-refractivity contribution >= 4 is 16.8 Å². The van der Waals surface area contributed by atoms with Crippen molar-refractivity contribution in [3.05, 3.63) is 35.3 Å². The van der Waals surface area contributed by atoms with E-state index in [0.717, 1.165) is 54.3 Å². The van der Waals surface area contributed by atoms with Crippen LogP contribution in [0.2, 0.25) is 0 Å². The highest BCUT2D eigenvalue weighted by Crippen LogP contribution is 2.32. The summed E-state index contributed by atoms with van der Waals surface area (Å²) >= 11 is 0. The minimum Gasteiger partial charge on any atom is -0.390 e. The molecule has 0 saturated heterocycles. The fraction of sp³-hybridized carbons (Fsp3) is 0.550. The maximum absolute atomic E-state index is 13.7. The summed E-state index contributed by atoms with van der Waals surface area (Å²) in [5.74, 6) is -0.440. The number of hydrogen-bond acceptors (Lipinski definition) is 3. The van der Waals surface area contributed by atoms with E-state index in [0.29, 0.717) is 12.8 Å². The SMILES string of the molecule is O=C(Cn1c2c(c3cc(F)ccc31)CCCC2)N[C@@H]1CCC[C@@H](O)[C@@H]1O. The molecule has 1 aromatic carbocycles. The number of fused-ring (bicyclic) bond motifs is 3. The smallest absolute Gasteiger partial charge is 0.240 e. The molecular formula is C20H25FN2O3. The molecule has 1 heterocycles. The minimum absolute atomic E-state index is 0.150. The average molecular weight is 360 g/mol. The van der Waals surface area contributed by atoms with Gasteiger partial charge in [-0.15, -0.1) is 0 Å². The Balaban J connectivity index is 1.60. The van der Waals surface area contributed by atoms with Crippen LogP contribution in [-0.4, -0.2) is 38.9 Å². The summed E-state index contributed by atoms with van der Waals surface area (Å²) in [5, 5.41) is 23.7. The van der Waals surface area contributed by atoms with Crippen LogP contribution < -0.4 is 5.32 Å². The molecule has 0 spiro atoms. The van der Waals surface area contributed by atoms with Gasteiger partial charge in [0.15, 0.2) is 0 Å². The molecule has 0 aliphatic heterocycles. The quantitative estimate of drug-likeness (QED) is 0.784. The van der Waals surface area contributed by atoms with E-state index >= 15 is 0 Å². The van der Waals surface area contributed by atoms with Crippen molar-refractivity contribution in [2.24, 2.45) is 0 Å². The molecule has 0 bridgehead atoms. The molecule has 1 aromatic heterocycles. The first-order chi connectivity index (χ1) is 12.5. The third-order valence-electron chi connectivity index (χ3n) is 5.81. The van der Waals surface area contributed by atoms with Gasteiger partial charge in [-0.05, 0) is 68.7 Å². The van der Waals surface area contributed by atoms with Crippen LogP contribution in [0.15, 0.2) is 18.2 Å². The van der Waals surface area contributed by atoms with Crippen LogP contribution in [0.5, 0.6) is 0 Å². The fourth-order valence-electron chi connectivity index (χ4n) is 4.50. The molecule has 3 atom stereocenters. The predicted molar refractivity (Wildman–Crippen MR) is 96.3 cm³/mol. The Bertz CT molecular complexity index is 832. The summed E-state index contributed by atoms with van der Waals surface area (Å²) in [5.41, 5.74) is 3.17. The van der Waals surface area contributed by atoms with Crippen LogP contribution in [0.25, 0.3) is 10.9 Å². The molecule has 2 aliphatic carbocycles. The maximum Gasteiger partial charge on any atom is 0.240 e. The number of nitrogens with zero attached hydrogens (tertiary/aromatic N) is 1. The first-order valence-electron chi connectivity index (χ1n) is 9.49. The zero-order valence-corrected chi connectivity index (χ0v) is 14.7. The molecule has 26 heavy (non-hydrogen) atoms. The number of benzene rings is 1. The Morgan fingerprint density at radius 1 is 1.19 bits per heavy atom. The van der Waals surface area contributed by atoms with Gasteiger partial charge in [-0.3, -0.25) is 4.79 Å². The third-order valence-corrected chi connectivity index (χ3v) is 5.81. The first kappa shape index (κ1) is 17.5. The number of carbonyl (C=O) groups excluding carboxylic acids is 1. The second-order valence-corrected chi connectivity index (χ2v) is 7.54. The van der Waals surface area contributed by atoms with Crippen molar-refractivity contribution in [1.82, 2.24) is 9.88 Å². The first-order valence-corrected chi connectivity index (χ1v) is 9.49. The van der Waals surface area contributed by atoms with Crippen molar-refractivity contribution < 1.29 is 19.4 Å². The molecule has 4 rings (SSSR count). The third kappa shape index (κ3) is 3.12. The van der Waals surface area contributed by atoms with Gasteiger partial charge in [-0.1, -0.05) is 0 Å². The van der Waals surface area contributed by atoms with E-state index in [-0.39, 0.29) is 18.3 Å². The highest BCUT2D eigenvalue weighted by atomic mass is 19.1. The number of halogens is 1. The summed E-state index contributed by atoms with van der Waals surface area (Å²) in [4.78, 5) is 12.6. The Kier molecular flexibility index (Phi) is 4.71. The summed E-state index contributed by atoms with van der Waals surface area (Å²) in [7, 11) is 0. The fourth-order valence-corrected chi connectivity index (χ4v) is 4.50. The predicted octanol–water partition coefficient (Wildman–Crippen LogP) is 2.05. The van der Waals surface area contributed by atoms with Crippen LogP contribution in [0.3, 0.4) is 0 Å². The molecular weight excluding hydrogens is 335 g/mol. The van der Waals surface area contributed by atoms with E-state index < -0.39 is 18.2 Å². The van der Waals surface area contributed by atoms with E-state index in [1.807, 2.05) is 4.57 Å². The minimum atomic E-state index is -0.919. The van der Waals surface area contributed by atoms with Gasteiger partial charge in [-0.25, -0.2) is 4.39 Å². The number of hydrogen-bond donors (Lipinski definition) is 3. The topological polar surface area (TPSA) is 74.5 Å². The number of carbonyl (C=O) groups is 1. The highest BCUT2D eigenvalue weighted by Gasteiger charge is 2.31. The lowest BCUT2D eigenvalue weighted by atomic mass is 9.90. The lowest BCUT2D eigenvalue weighted by Gasteiger charge is -2.32. The van der Waals surface area contributed by atoms with Gasteiger partial charge in [0.2, 0.25) is 5.91 Å². The molecule has 140 valence electrons. The largest absolute Gasteiger partial charge is 0.390 e. The molecule has 6 heteroatoms. The van der Waals surface area contributed by atoms with E-state index in [9.17, 15) is 19.4 Å². The van der Waals surface area contributed by atoms with Gasteiger partial charge in [0, 0.05) is 16.6 Å². The Labute approximate surface area is 151 Å². The van der Waals surface area contributed by atoms with Crippen LogP contribution >= 0.6 is 0 Å². The van der Waals surface area contributed by atoms with Crippen LogP contribution in [0.4, 0.5) is 4.39 Å². The lowest BCUT2D eigenvalue weighted by molar-refractivity contribution is -0.124. The zero-order chi connectivity index (χ0) is 18.3. The molecule has 5 nitrogen and oxygen atoms in total. The molecule has 2 aliphatic rings. The van der Waals surface area contributed by atoms with Crippen LogP contribution in [-0.2, 0) is 24.2 Å². The Morgan fingerprint density at radius 3 is 2.85 bits per heavy atom. The summed E-state index contributed by atoms with van der Waals surface area (Å²) in [6, 6.07) is 4.33. The average Bonchev–Trinajstić information content (AvgIpc) is 2.92. The van der Waals surface area contributed by atoms with Crippen LogP contribution in [0.1, 0.15) is 43.4 Å². The number of nitrogens with one attached hydrogen (secondary N) is 1. The normalized spacial score (nSPS) is 25.9. The van der Waals surface area contributed by atoms with Crippen molar-refractivity contribution in [3.63, 3.8) is 0 Å². The maximum atomic E-state index is 13.7. The van der Waals surface area contributed by atoms with Gasteiger partial charge < -0.3 is 20.1 Å². The van der Waals surface area contributed by atoms with Crippen molar-refractivity contribution in [2.45, 2.75) is 69.7 Å². The molecule has 0 radical (unpaired) electrons. The van der Waals surface area contributed by atoms with Gasteiger partial charge in [0.1, 0.15) is 12.4 Å². The Morgan fingerprint density at radius 2 is 2.00 bits per heavy atom. The number of aryl methyl sites for hydroxylation is 1. The van der Waals surface area contributed by atoms with E-state index in [4.69, 9.17) is 0 Å². The zero-order valence-electron chi connectivity index (χ0n) is 14.7. The Hall–Kier alpha value is -1.92. The van der Waals surface area contributed by atoms with Crippen molar-refractivity contribution in [3.8, 4) is 0 Å². The number of aliphatic hydroxyl groups excluding tert-OH is 2. The van der Waals surface area contributed by atoms with Crippen molar-refractivity contribution in [2.75, 3.05) is 0 Å². The van der Waals surface area contributed by atoms with Crippen molar-refractivity contribution in [1.29, 1.82) is 0 Å².